The summed E-state index contributed by atoms with van der Waals surface area (Å²) in [4.78, 5) is 26.3. The minimum absolute atomic E-state index is 0.0862. The van der Waals surface area contributed by atoms with Gasteiger partial charge in [-0.15, -0.1) is 0 Å². The number of hydrogen-bond acceptors (Lipinski definition) is 3. The Morgan fingerprint density at radius 1 is 1.33 bits per heavy atom. The van der Waals surface area contributed by atoms with Gasteiger partial charge in [0, 0.05) is 36.2 Å². The third kappa shape index (κ3) is 2.97. The molecule has 0 unspecified atom stereocenters. The van der Waals surface area contributed by atoms with Crippen LogP contribution in [0.1, 0.15) is 68.8 Å². The van der Waals surface area contributed by atoms with E-state index in [-0.39, 0.29) is 22.6 Å². The number of carbonyl (C=O) groups excluding carboxylic acids is 2. The first-order valence-corrected chi connectivity index (χ1v) is 10.1. The van der Waals surface area contributed by atoms with Crippen molar-refractivity contribution in [1.29, 1.82) is 0 Å². The second-order valence-corrected chi connectivity index (χ2v) is 9.11. The van der Waals surface area contributed by atoms with Crippen molar-refractivity contribution < 1.29 is 9.59 Å². The van der Waals surface area contributed by atoms with Gasteiger partial charge in [0.05, 0.1) is 0 Å². The zero-order valence-corrected chi connectivity index (χ0v) is 16.5. The molecule has 4 rings (SSSR count). The highest BCUT2D eigenvalue weighted by atomic mass is 16.2. The maximum Gasteiger partial charge on any atom is 0.271 e. The number of hydrazone groups is 1. The third-order valence-electron chi connectivity index (χ3n) is 7.54. The van der Waals surface area contributed by atoms with Crippen LogP contribution in [0.2, 0.25) is 0 Å². The fourth-order valence-electron chi connectivity index (χ4n) is 5.18. The third-order valence-corrected chi connectivity index (χ3v) is 7.54. The zero-order valence-electron chi connectivity index (χ0n) is 16.5. The molecule has 0 radical (unpaired) electrons. The molecule has 2 atom stereocenters. The Balaban J connectivity index is 1.45. The van der Waals surface area contributed by atoms with E-state index in [0.29, 0.717) is 24.4 Å². The Bertz CT molecular complexity index is 814. The molecule has 144 valence electrons. The maximum absolute atomic E-state index is 12.6. The number of likely N-dealkylation sites (tertiary alicyclic amines) is 1. The van der Waals surface area contributed by atoms with Crippen molar-refractivity contribution in [3.05, 3.63) is 35.4 Å². The summed E-state index contributed by atoms with van der Waals surface area (Å²) < 4.78 is 0. The molecule has 5 nitrogen and oxygen atoms in total. The molecule has 2 saturated carbocycles. The van der Waals surface area contributed by atoms with E-state index in [1.165, 1.54) is 6.42 Å². The summed E-state index contributed by atoms with van der Waals surface area (Å²) in [5.41, 5.74) is 5.84. The Morgan fingerprint density at radius 2 is 2.15 bits per heavy atom. The number of amides is 2. The van der Waals surface area contributed by atoms with Crippen LogP contribution in [0.5, 0.6) is 0 Å². The van der Waals surface area contributed by atoms with Crippen molar-refractivity contribution >= 4 is 17.5 Å². The van der Waals surface area contributed by atoms with Crippen LogP contribution in [-0.4, -0.2) is 29.0 Å². The highest BCUT2D eigenvalue weighted by Crippen LogP contribution is 2.63. The minimum Gasteiger partial charge on any atom is -0.338 e. The van der Waals surface area contributed by atoms with Gasteiger partial charge in [-0.25, -0.2) is 5.43 Å². The quantitative estimate of drug-likeness (QED) is 0.824. The Kier molecular flexibility index (Phi) is 4.36. The fourth-order valence-corrected chi connectivity index (χ4v) is 5.18. The first kappa shape index (κ1) is 18.2. The van der Waals surface area contributed by atoms with Crippen LogP contribution in [-0.2, 0) is 11.3 Å². The average Bonchev–Trinajstić information content (AvgIpc) is 3.20. The minimum atomic E-state index is -0.179. The molecule has 2 bridgehead atoms. The number of nitrogens with zero attached hydrogens (tertiary/aromatic N) is 2. The molecule has 3 aliphatic rings. The molecule has 0 spiro atoms. The summed E-state index contributed by atoms with van der Waals surface area (Å²) in [6.07, 6.45) is 4.95. The summed E-state index contributed by atoms with van der Waals surface area (Å²) in [5, 5.41) is 4.55. The van der Waals surface area contributed by atoms with Gasteiger partial charge in [-0.1, -0.05) is 32.9 Å². The standard InChI is InChI=1S/C22H29N3O2/c1-21(2)17-9-10-22(21,3)18(13-17)23-24-20(27)16-7-4-6-15(12-16)14-25-11-5-8-19(25)26/h4,6-7,12,17H,5,8-11,13-14H2,1-3H3,(H,24,27)/b23-18+/t17-,22-/m0/s1. The van der Waals surface area contributed by atoms with E-state index in [2.05, 4.69) is 31.3 Å². The van der Waals surface area contributed by atoms with E-state index in [4.69, 9.17) is 0 Å². The Labute approximate surface area is 161 Å². The van der Waals surface area contributed by atoms with Gasteiger partial charge in [0.2, 0.25) is 5.91 Å². The maximum atomic E-state index is 12.6. The van der Waals surface area contributed by atoms with Crippen molar-refractivity contribution in [3.8, 4) is 0 Å². The normalized spacial score (nSPS) is 30.3. The zero-order chi connectivity index (χ0) is 19.2. The van der Waals surface area contributed by atoms with E-state index < -0.39 is 0 Å². The molecule has 1 saturated heterocycles. The number of fused-ring (bicyclic) bond motifs is 2. The predicted octanol–water partition coefficient (Wildman–Crippen LogP) is 3.74. The second kappa shape index (κ2) is 6.47. The molecule has 1 aromatic carbocycles. The fraction of sp³-hybridized carbons (Fsp3) is 0.591. The van der Waals surface area contributed by atoms with Crippen LogP contribution >= 0.6 is 0 Å². The van der Waals surface area contributed by atoms with Crippen LogP contribution < -0.4 is 5.43 Å². The van der Waals surface area contributed by atoms with Gasteiger partial charge in [-0.3, -0.25) is 9.59 Å². The number of hydrogen-bond donors (Lipinski definition) is 1. The van der Waals surface area contributed by atoms with Crippen molar-refractivity contribution in [2.24, 2.45) is 21.8 Å². The molecule has 2 amide bonds. The summed E-state index contributed by atoms with van der Waals surface area (Å²) in [5.74, 6) is 0.684. The highest BCUT2D eigenvalue weighted by Gasteiger charge is 2.60. The summed E-state index contributed by atoms with van der Waals surface area (Å²) >= 11 is 0. The lowest BCUT2D eigenvalue weighted by molar-refractivity contribution is -0.128. The Hall–Kier alpha value is -2.17. The Morgan fingerprint density at radius 3 is 2.78 bits per heavy atom. The van der Waals surface area contributed by atoms with Crippen LogP contribution in [0.25, 0.3) is 0 Å². The molecule has 2 aliphatic carbocycles. The van der Waals surface area contributed by atoms with Crippen molar-refractivity contribution in [2.75, 3.05) is 6.54 Å². The second-order valence-electron chi connectivity index (χ2n) is 9.11. The number of benzene rings is 1. The van der Waals surface area contributed by atoms with Crippen LogP contribution in [0.3, 0.4) is 0 Å². The molecule has 1 heterocycles. The topological polar surface area (TPSA) is 61.8 Å². The van der Waals surface area contributed by atoms with Gasteiger partial charge in [0.15, 0.2) is 0 Å². The van der Waals surface area contributed by atoms with Crippen molar-refractivity contribution in [1.82, 2.24) is 10.3 Å². The highest BCUT2D eigenvalue weighted by molar-refractivity contribution is 5.98. The van der Waals surface area contributed by atoms with Gasteiger partial charge < -0.3 is 4.90 Å². The lowest BCUT2D eigenvalue weighted by Crippen LogP contribution is -2.34. The van der Waals surface area contributed by atoms with E-state index in [1.54, 1.807) is 6.07 Å². The summed E-state index contributed by atoms with van der Waals surface area (Å²) in [7, 11) is 0. The van der Waals surface area contributed by atoms with Gasteiger partial charge in [0.25, 0.3) is 5.91 Å². The lowest BCUT2D eigenvalue weighted by Gasteiger charge is -2.34. The number of nitrogens with one attached hydrogen (secondary N) is 1. The largest absolute Gasteiger partial charge is 0.338 e. The number of carbonyl (C=O) groups is 2. The molecular formula is C22H29N3O2. The molecule has 1 N–H and O–H groups in total. The molecular weight excluding hydrogens is 338 g/mol. The van der Waals surface area contributed by atoms with E-state index in [1.807, 2.05) is 23.1 Å². The van der Waals surface area contributed by atoms with Crippen molar-refractivity contribution in [2.45, 2.75) is 59.4 Å². The smallest absolute Gasteiger partial charge is 0.271 e. The summed E-state index contributed by atoms with van der Waals surface area (Å²) in [6, 6.07) is 7.51. The SMILES string of the molecule is CC1(C)[C@H]2CC[C@@]1(C)/C(=N/NC(=O)c1cccc(CN3CCCC3=O)c1)C2. The average molecular weight is 367 g/mol. The lowest BCUT2D eigenvalue weighted by atomic mass is 9.70. The predicted molar refractivity (Wildman–Crippen MR) is 105 cm³/mol. The van der Waals surface area contributed by atoms with Gasteiger partial charge >= 0.3 is 0 Å². The molecule has 3 fully saturated rings. The van der Waals surface area contributed by atoms with Gasteiger partial charge in [-0.2, -0.15) is 5.10 Å². The monoisotopic (exact) mass is 367 g/mol. The van der Waals surface area contributed by atoms with Gasteiger partial charge in [0.1, 0.15) is 0 Å². The summed E-state index contributed by atoms with van der Waals surface area (Å²) in [6.45, 7) is 8.33. The molecule has 0 aromatic heterocycles. The number of rotatable bonds is 4. The van der Waals surface area contributed by atoms with E-state index >= 15 is 0 Å². The van der Waals surface area contributed by atoms with Crippen LogP contribution in [0.15, 0.2) is 29.4 Å². The molecule has 5 heteroatoms. The van der Waals surface area contributed by atoms with E-state index in [9.17, 15) is 9.59 Å². The molecule has 1 aliphatic heterocycles. The van der Waals surface area contributed by atoms with Crippen LogP contribution in [0.4, 0.5) is 0 Å². The van der Waals surface area contributed by atoms with Gasteiger partial charge in [-0.05, 0) is 54.7 Å². The van der Waals surface area contributed by atoms with Crippen molar-refractivity contribution in [3.63, 3.8) is 0 Å². The molecule has 27 heavy (non-hydrogen) atoms. The first-order valence-electron chi connectivity index (χ1n) is 10.1. The van der Waals surface area contributed by atoms with Crippen LogP contribution in [0, 0.1) is 16.7 Å². The first-order chi connectivity index (χ1) is 12.8. The van der Waals surface area contributed by atoms with E-state index in [0.717, 1.165) is 37.1 Å². The molecule has 1 aromatic rings.